The number of nitrogens with two attached hydrogens (primary N) is 1. The van der Waals surface area contributed by atoms with Crippen molar-refractivity contribution >= 4 is 9.84 Å². The summed E-state index contributed by atoms with van der Waals surface area (Å²) in [6.07, 6.45) is 0. The van der Waals surface area contributed by atoms with E-state index in [-0.39, 0.29) is 5.75 Å². The first-order valence-corrected chi connectivity index (χ1v) is 8.31. The summed E-state index contributed by atoms with van der Waals surface area (Å²) in [6.45, 7) is 8.05. The Balaban J connectivity index is 2.75. The van der Waals surface area contributed by atoms with E-state index in [0.717, 1.165) is 12.1 Å². The van der Waals surface area contributed by atoms with Crippen LogP contribution in [0.25, 0.3) is 0 Å². The van der Waals surface area contributed by atoms with Crippen LogP contribution in [0.2, 0.25) is 0 Å². The summed E-state index contributed by atoms with van der Waals surface area (Å²) in [5.41, 5.74) is 6.44. The Kier molecular flexibility index (Phi) is 5.97. The molecule has 0 unspecified atom stereocenters. The van der Waals surface area contributed by atoms with Crippen LogP contribution in [0.5, 0.6) is 0 Å². The Bertz CT molecular complexity index is 481. The molecule has 0 aliphatic heterocycles. The van der Waals surface area contributed by atoms with Crippen molar-refractivity contribution in [1.29, 1.82) is 0 Å². The van der Waals surface area contributed by atoms with Gasteiger partial charge in [-0.15, -0.1) is 0 Å². The summed E-state index contributed by atoms with van der Waals surface area (Å²) < 4.78 is 24.4. The van der Waals surface area contributed by atoms with Crippen LogP contribution in [-0.4, -0.2) is 38.2 Å². The molecule has 0 aromatic heterocycles. The van der Waals surface area contributed by atoms with E-state index in [9.17, 15) is 8.42 Å². The maximum Gasteiger partial charge on any atom is 0.179 e. The SMILES string of the molecule is CCN(CCS(=O)(=O)c1ccc(CN)cc1)C(C)C. The molecule has 4 nitrogen and oxygen atoms in total. The summed E-state index contributed by atoms with van der Waals surface area (Å²) in [5, 5.41) is 0. The minimum atomic E-state index is -3.21. The fourth-order valence-electron chi connectivity index (χ4n) is 1.97. The lowest BCUT2D eigenvalue weighted by molar-refractivity contribution is 0.247. The highest BCUT2D eigenvalue weighted by molar-refractivity contribution is 7.91. The van der Waals surface area contributed by atoms with Crippen molar-refractivity contribution in [3.8, 4) is 0 Å². The summed E-state index contributed by atoms with van der Waals surface area (Å²) in [7, 11) is -3.21. The number of rotatable bonds is 7. The maximum atomic E-state index is 12.2. The Morgan fingerprint density at radius 3 is 2.21 bits per heavy atom. The van der Waals surface area contributed by atoms with Gasteiger partial charge in [-0.05, 0) is 38.1 Å². The largest absolute Gasteiger partial charge is 0.326 e. The van der Waals surface area contributed by atoms with Gasteiger partial charge >= 0.3 is 0 Å². The van der Waals surface area contributed by atoms with Crippen molar-refractivity contribution in [2.24, 2.45) is 5.73 Å². The normalized spacial score (nSPS) is 12.3. The van der Waals surface area contributed by atoms with Gasteiger partial charge in [0.15, 0.2) is 9.84 Å². The van der Waals surface area contributed by atoms with Crippen molar-refractivity contribution < 1.29 is 8.42 Å². The topological polar surface area (TPSA) is 63.4 Å². The molecule has 1 rings (SSSR count). The molecule has 0 fully saturated rings. The first kappa shape index (κ1) is 16.1. The molecule has 0 aliphatic rings. The molecule has 0 saturated carbocycles. The molecule has 0 aliphatic carbocycles. The van der Waals surface area contributed by atoms with Gasteiger partial charge in [0, 0.05) is 19.1 Å². The van der Waals surface area contributed by atoms with Crippen molar-refractivity contribution in [2.45, 2.75) is 38.3 Å². The lowest BCUT2D eigenvalue weighted by Crippen LogP contribution is -2.34. The van der Waals surface area contributed by atoms with E-state index in [1.165, 1.54) is 0 Å². The average molecular weight is 284 g/mol. The fraction of sp³-hybridized carbons (Fsp3) is 0.571. The van der Waals surface area contributed by atoms with E-state index >= 15 is 0 Å². The van der Waals surface area contributed by atoms with Crippen LogP contribution in [0.3, 0.4) is 0 Å². The van der Waals surface area contributed by atoms with E-state index in [1.807, 2.05) is 6.92 Å². The number of hydrogen-bond acceptors (Lipinski definition) is 4. The molecular weight excluding hydrogens is 260 g/mol. The van der Waals surface area contributed by atoms with E-state index in [2.05, 4.69) is 18.7 Å². The van der Waals surface area contributed by atoms with E-state index in [1.54, 1.807) is 24.3 Å². The van der Waals surface area contributed by atoms with Gasteiger partial charge < -0.3 is 10.6 Å². The van der Waals surface area contributed by atoms with E-state index in [0.29, 0.717) is 24.0 Å². The zero-order valence-electron chi connectivity index (χ0n) is 12.0. The molecule has 0 spiro atoms. The molecule has 0 heterocycles. The standard InChI is InChI=1S/C14H24N2O2S/c1-4-16(12(2)3)9-10-19(17,18)14-7-5-13(11-15)6-8-14/h5-8,12H,4,9-11,15H2,1-3H3. The van der Waals surface area contributed by atoms with Gasteiger partial charge in [0.1, 0.15) is 0 Å². The van der Waals surface area contributed by atoms with Crippen LogP contribution in [0.1, 0.15) is 26.3 Å². The van der Waals surface area contributed by atoms with Crippen LogP contribution in [-0.2, 0) is 16.4 Å². The van der Waals surface area contributed by atoms with Gasteiger partial charge in [0.05, 0.1) is 10.6 Å². The molecule has 19 heavy (non-hydrogen) atoms. The van der Waals surface area contributed by atoms with Crippen molar-refractivity contribution in [3.63, 3.8) is 0 Å². The molecule has 108 valence electrons. The number of hydrogen-bond donors (Lipinski definition) is 1. The summed E-state index contributed by atoms with van der Waals surface area (Å²) >= 11 is 0. The molecule has 0 atom stereocenters. The first-order chi connectivity index (χ1) is 8.90. The number of benzene rings is 1. The Labute approximate surface area is 116 Å². The lowest BCUT2D eigenvalue weighted by atomic mass is 10.2. The van der Waals surface area contributed by atoms with E-state index < -0.39 is 9.84 Å². The average Bonchev–Trinajstić information content (AvgIpc) is 2.39. The molecule has 1 aromatic rings. The molecule has 0 amide bonds. The number of nitrogens with zero attached hydrogens (tertiary/aromatic N) is 1. The molecule has 5 heteroatoms. The predicted octanol–water partition coefficient (Wildman–Crippen LogP) is 1.65. The quantitative estimate of drug-likeness (QED) is 0.827. The second kappa shape index (κ2) is 7.03. The van der Waals surface area contributed by atoms with Crippen molar-refractivity contribution in [3.05, 3.63) is 29.8 Å². The first-order valence-electron chi connectivity index (χ1n) is 6.66. The summed E-state index contributed by atoms with van der Waals surface area (Å²) in [4.78, 5) is 2.52. The third-order valence-electron chi connectivity index (χ3n) is 3.30. The molecule has 0 radical (unpaired) electrons. The second-order valence-corrected chi connectivity index (χ2v) is 7.00. The minimum Gasteiger partial charge on any atom is -0.326 e. The third kappa shape index (κ3) is 4.60. The van der Waals surface area contributed by atoms with Crippen LogP contribution >= 0.6 is 0 Å². The predicted molar refractivity (Wildman–Crippen MR) is 78.8 cm³/mol. The minimum absolute atomic E-state index is 0.154. The lowest BCUT2D eigenvalue weighted by Gasteiger charge is -2.24. The van der Waals surface area contributed by atoms with Gasteiger partial charge in [-0.3, -0.25) is 0 Å². The smallest absolute Gasteiger partial charge is 0.179 e. The van der Waals surface area contributed by atoms with Crippen LogP contribution in [0.15, 0.2) is 29.2 Å². The van der Waals surface area contributed by atoms with Gasteiger partial charge in [0.25, 0.3) is 0 Å². The van der Waals surface area contributed by atoms with Crippen LogP contribution in [0, 0.1) is 0 Å². The maximum absolute atomic E-state index is 12.2. The second-order valence-electron chi connectivity index (χ2n) is 4.89. The highest BCUT2D eigenvalue weighted by Gasteiger charge is 2.17. The zero-order chi connectivity index (χ0) is 14.5. The zero-order valence-corrected chi connectivity index (χ0v) is 12.8. The molecule has 2 N–H and O–H groups in total. The molecule has 0 saturated heterocycles. The fourth-order valence-corrected chi connectivity index (χ4v) is 3.23. The Hall–Kier alpha value is -0.910. The highest BCUT2D eigenvalue weighted by Crippen LogP contribution is 2.13. The van der Waals surface area contributed by atoms with Crippen molar-refractivity contribution in [1.82, 2.24) is 4.90 Å². The monoisotopic (exact) mass is 284 g/mol. The van der Waals surface area contributed by atoms with Gasteiger partial charge in [-0.1, -0.05) is 19.1 Å². The number of sulfone groups is 1. The van der Waals surface area contributed by atoms with E-state index in [4.69, 9.17) is 5.73 Å². The van der Waals surface area contributed by atoms with Crippen LogP contribution in [0.4, 0.5) is 0 Å². The highest BCUT2D eigenvalue weighted by atomic mass is 32.2. The van der Waals surface area contributed by atoms with Gasteiger partial charge in [-0.25, -0.2) is 8.42 Å². The Morgan fingerprint density at radius 1 is 1.21 bits per heavy atom. The molecule has 0 bridgehead atoms. The van der Waals surface area contributed by atoms with Gasteiger partial charge in [0.2, 0.25) is 0 Å². The Morgan fingerprint density at radius 2 is 1.79 bits per heavy atom. The van der Waals surface area contributed by atoms with Crippen molar-refractivity contribution in [2.75, 3.05) is 18.8 Å². The molecule has 1 aromatic carbocycles. The summed E-state index contributed by atoms with van der Waals surface area (Å²) in [5.74, 6) is 0.154. The molecular formula is C14H24N2O2S. The third-order valence-corrected chi connectivity index (χ3v) is 5.01. The van der Waals surface area contributed by atoms with Gasteiger partial charge in [-0.2, -0.15) is 0 Å². The van der Waals surface area contributed by atoms with Crippen LogP contribution < -0.4 is 5.73 Å². The summed E-state index contributed by atoms with van der Waals surface area (Å²) in [6, 6.07) is 7.19.